The van der Waals surface area contributed by atoms with Crippen LogP contribution in [0, 0.1) is 6.92 Å². The third kappa shape index (κ3) is 2.84. The topological polar surface area (TPSA) is 58.9 Å². The lowest BCUT2D eigenvalue weighted by molar-refractivity contribution is -0.129. The van der Waals surface area contributed by atoms with Crippen LogP contribution in [0.25, 0.3) is 6.08 Å². The third-order valence-corrected chi connectivity index (χ3v) is 3.08. The van der Waals surface area contributed by atoms with Crippen LogP contribution >= 0.6 is 0 Å². The quantitative estimate of drug-likeness (QED) is 0.679. The number of nitrogens with zero attached hydrogens (tertiary/aromatic N) is 1. The number of hydrogen-bond acceptors (Lipinski definition) is 4. The Bertz CT molecular complexity index is 758. The molecular weight excluding hydrogens is 266 g/mol. The van der Waals surface area contributed by atoms with Crippen molar-refractivity contribution in [3.8, 4) is 5.75 Å². The first-order valence-corrected chi connectivity index (χ1v) is 6.50. The number of rotatable bonds is 2. The number of carbonyl (C=O) groups is 1. The predicted octanol–water partition coefficient (Wildman–Crippen LogP) is 3.05. The summed E-state index contributed by atoms with van der Waals surface area (Å²) >= 11 is 0. The largest absolute Gasteiger partial charge is 0.508 e. The zero-order valence-corrected chi connectivity index (χ0v) is 11.4. The van der Waals surface area contributed by atoms with Crippen LogP contribution in [0.1, 0.15) is 16.7 Å². The minimum atomic E-state index is -0.473. The number of ether oxygens (including phenoxy) is 1. The van der Waals surface area contributed by atoms with Gasteiger partial charge < -0.3 is 9.84 Å². The standard InChI is InChI=1S/C17H13NO3/c1-11-3-2-4-13(9-11)16-18-15(17(20)21-16)10-12-5-7-14(19)8-6-12/h2-10,19H,1H3/b15-10+. The van der Waals surface area contributed by atoms with Crippen molar-refractivity contribution in [3.05, 3.63) is 70.9 Å². The Hall–Kier alpha value is -2.88. The molecule has 3 rings (SSSR count). The van der Waals surface area contributed by atoms with Crippen molar-refractivity contribution in [1.82, 2.24) is 0 Å². The molecule has 0 saturated carbocycles. The Morgan fingerprint density at radius 2 is 1.90 bits per heavy atom. The van der Waals surface area contributed by atoms with Crippen LogP contribution in [-0.2, 0) is 9.53 Å². The summed E-state index contributed by atoms with van der Waals surface area (Å²) in [6.45, 7) is 1.97. The van der Waals surface area contributed by atoms with Crippen molar-refractivity contribution in [1.29, 1.82) is 0 Å². The zero-order valence-electron chi connectivity index (χ0n) is 11.4. The molecule has 0 aromatic heterocycles. The minimum absolute atomic E-state index is 0.176. The number of aryl methyl sites for hydroxylation is 1. The lowest BCUT2D eigenvalue weighted by Gasteiger charge is -1.99. The second-order valence-corrected chi connectivity index (χ2v) is 4.80. The lowest BCUT2D eigenvalue weighted by atomic mass is 10.1. The average molecular weight is 279 g/mol. The summed E-state index contributed by atoms with van der Waals surface area (Å²) in [5.74, 6) is 0.0170. The van der Waals surface area contributed by atoms with Crippen molar-refractivity contribution in [2.24, 2.45) is 4.99 Å². The highest BCUT2D eigenvalue weighted by Gasteiger charge is 2.24. The van der Waals surface area contributed by atoms with Crippen molar-refractivity contribution < 1.29 is 14.6 Å². The summed E-state index contributed by atoms with van der Waals surface area (Å²) in [6.07, 6.45) is 1.63. The Kier molecular flexibility index (Phi) is 3.28. The summed E-state index contributed by atoms with van der Waals surface area (Å²) < 4.78 is 5.20. The van der Waals surface area contributed by atoms with Crippen LogP contribution < -0.4 is 0 Å². The molecule has 104 valence electrons. The molecule has 4 heteroatoms. The van der Waals surface area contributed by atoms with E-state index in [0.29, 0.717) is 5.90 Å². The van der Waals surface area contributed by atoms with Crippen molar-refractivity contribution in [2.75, 3.05) is 0 Å². The normalized spacial score (nSPS) is 16.0. The first-order valence-electron chi connectivity index (χ1n) is 6.50. The summed E-state index contributed by atoms with van der Waals surface area (Å²) in [4.78, 5) is 16.1. The Morgan fingerprint density at radius 3 is 2.62 bits per heavy atom. The Morgan fingerprint density at radius 1 is 1.14 bits per heavy atom. The van der Waals surface area contributed by atoms with Crippen LogP contribution in [-0.4, -0.2) is 17.0 Å². The van der Waals surface area contributed by atoms with Crippen molar-refractivity contribution >= 4 is 17.9 Å². The summed E-state index contributed by atoms with van der Waals surface area (Å²) in [5, 5.41) is 9.25. The Labute approximate surface area is 122 Å². The van der Waals surface area contributed by atoms with Gasteiger partial charge in [-0.15, -0.1) is 0 Å². The van der Waals surface area contributed by atoms with E-state index in [0.717, 1.165) is 16.7 Å². The molecule has 0 radical (unpaired) electrons. The van der Waals surface area contributed by atoms with E-state index in [9.17, 15) is 9.90 Å². The maximum Gasteiger partial charge on any atom is 0.363 e. The van der Waals surface area contributed by atoms with Gasteiger partial charge in [0.05, 0.1) is 0 Å². The van der Waals surface area contributed by atoms with E-state index in [4.69, 9.17) is 4.74 Å². The maximum absolute atomic E-state index is 11.9. The van der Waals surface area contributed by atoms with Crippen LogP contribution in [0.2, 0.25) is 0 Å². The van der Waals surface area contributed by atoms with Crippen LogP contribution in [0.15, 0.2) is 59.2 Å². The van der Waals surface area contributed by atoms with Crippen LogP contribution in [0.3, 0.4) is 0 Å². The molecule has 0 bridgehead atoms. The molecule has 0 saturated heterocycles. The predicted molar refractivity (Wildman–Crippen MR) is 79.9 cm³/mol. The van der Waals surface area contributed by atoms with Gasteiger partial charge in [0.1, 0.15) is 5.75 Å². The van der Waals surface area contributed by atoms with Gasteiger partial charge in [0, 0.05) is 5.56 Å². The molecule has 0 unspecified atom stereocenters. The number of phenolic OH excluding ortho intramolecular Hbond substituents is 1. The van der Waals surface area contributed by atoms with E-state index < -0.39 is 5.97 Å². The number of hydrogen-bond donors (Lipinski definition) is 1. The van der Waals surface area contributed by atoms with Gasteiger partial charge in [-0.05, 0) is 42.8 Å². The van der Waals surface area contributed by atoms with Gasteiger partial charge in [-0.25, -0.2) is 9.79 Å². The fraction of sp³-hybridized carbons (Fsp3) is 0.0588. The number of aromatic hydroxyl groups is 1. The smallest absolute Gasteiger partial charge is 0.363 e. The molecule has 1 aliphatic heterocycles. The minimum Gasteiger partial charge on any atom is -0.508 e. The molecular formula is C17H13NO3. The molecule has 0 amide bonds. The number of esters is 1. The first-order chi connectivity index (χ1) is 10.1. The van der Waals surface area contributed by atoms with E-state index in [1.54, 1.807) is 30.3 Å². The highest BCUT2D eigenvalue weighted by molar-refractivity contribution is 6.12. The molecule has 4 nitrogen and oxygen atoms in total. The van der Waals surface area contributed by atoms with E-state index in [-0.39, 0.29) is 11.4 Å². The SMILES string of the molecule is Cc1cccc(C2=N/C(=C/c3ccc(O)cc3)C(=O)O2)c1. The fourth-order valence-electron chi connectivity index (χ4n) is 2.04. The number of carbonyl (C=O) groups excluding carboxylic acids is 1. The molecule has 1 aliphatic rings. The third-order valence-electron chi connectivity index (χ3n) is 3.08. The van der Waals surface area contributed by atoms with Gasteiger partial charge in [-0.1, -0.05) is 29.8 Å². The maximum atomic E-state index is 11.9. The number of aliphatic imine (C=N–C) groups is 1. The highest BCUT2D eigenvalue weighted by Crippen LogP contribution is 2.20. The van der Waals surface area contributed by atoms with Gasteiger partial charge >= 0.3 is 5.97 Å². The van der Waals surface area contributed by atoms with Crippen LogP contribution in [0.5, 0.6) is 5.75 Å². The van der Waals surface area contributed by atoms with Gasteiger partial charge in [0.2, 0.25) is 5.90 Å². The van der Waals surface area contributed by atoms with Gasteiger partial charge in [0.15, 0.2) is 5.70 Å². The summed E-state index contributed by atoms with van der Waals surface area (Å²) in [6, 6.07) is 14.1. The van der Waals surface area contributed by atoms with E-state index in [1.807, 2.05) is 31.2 Å². The molecule has 21 heavy (non-hydrogen) atoms. The molecule has 1 heterocycles. The molecule has 0 atom stereocenters. The zero-order chi connectivity index (χ0) is 14.8. The van der Waals surface area contributed by atoms with Crippen molar-refractivity contribution in [3.63, 3.8) is 0 Å². The van der Waals surface area contributed by atoms with Crippen molar-refractivity contribution in [2.45, 2.75) is 6.92 Å². The monoisotopic (exact) mass is 279 g/mol. The van der Waals surface area contributed by atoms with Gasteiger partial charge in [0.25, 0.3) is 0 Å². The lowest BCUT2D eigenvalue weighted by Crippen LogP contribution is -2.05. The van der Waals surface area contributed by atoms with Crippen LogP contribution in [0.4, 0.5) is 0 Å². The number of phenols is 1. The summed E-state index contributed by atoms with van der Waals surface area (Å²) in [5.41, 5.74) is 2.87. The molecule has 0 aliphatic carbocycles. The average Bonchev–Trinajstić information content (AvgIpc) is 2.83. The fourth-order valence-corrected chi connectivity index (χ4v) is 2.04. The Balaban J connectivity index is 1.93. The van der Waals surface area contributed by atoms with Gasteiger partial charge in [-0.2, -0.15) is 0 Å². The number of benzene rings is 2. The summed E-state index contributed by atoms with van der Waals surface area (Å²) in [7, 11) is 0. The highest BCUT2D eigenvalue weighted by atomic mass is 16.6. The second-order valence-electron chi connectivity index (χ2n) is 4.80. The number of cyclic esters (lactones) is 1. The second kappa shape index (κ2) is 5.25. The first kappa shape index (κ1) is 13.1. The molecule has 1 N–H and O–H groups in total. The van der Waals surface area contributed by atoms with E-state index in [1.165, 1.54) is 0 Å². The van der Waals surface area contributed by atoms with E-state index in [2.05, 4.69) is 4.99 Å². The molecule has 2 aromatic rings. The molecule has 0 spiro atoms. The van der Waals surface area contributed by atoms with Gasteiger partial charge in [-0.3, -0.25) is 0 Å². The molecule has 2 aromatic carbocycles. The molecule has 0 fully saturated rings. The van der Waals surface area contributed by atoms with E-state index >= 15 is 0 Å².